The molecule has 3 rings (SSSR count). The van der Waals surface area contributed by atoms with Crippen LogP contribution in [-0.2, 0) is 13.0 Å². The molecule has 2 N–H and O–H groups in total. The number of aliphatic hydroxyl groups is 1. The summed E-state index contributed by atoms with van der Waals surface area (Å²) in [6.07, 6.45) is 3.63. The number of benzene rings is 1. The second kappa shape index (κ2) is 6.24. The molecule has 0 saturated heterocycles. The first kappa shape index (κ1) is 17.6. The van der Waals surface area contributed by atoms with Crippen LogP contribution in [0.1, 0.15) is 32.3 Å². The average Bonchev–Trinajstić information content (AvgIpc) is 3.00. The van der Waals surface area contributed by atoms with E-state index in [1.54, 1.807) is 16.8 Å². The smallest absolute Gasteiger partial charge is 0.215 e. The van der Waals surface area contributed by atoms with Gasteiger partial charge in [0.1, 0.15) is 12.1 Å². The van der Waals surface area contributed by atoms with E-state index >= 15 is 0 Å². The first-order chi connectivity index (χ1) is 11.2. The fourth-order valence-electron chi connectivity index (χ4n) is 3.76. The maximum Gasteiger partial charge on any atom is 0.215 e. The highest BCUT2D eigenvalue weighted by Crippen LogP contribution is 2.51. The van der Waals surface area contributed by atoms with Crippen molar-refractivity contribution in [3.63, 3.8) is 0 Å². The summed E-state index contributed by atoms with van der Waals surface area (Å²) in [5.41, 5.74) is -0.795. The Morgan fingerprint density at radius 2 is 2.25 bits per heavy atom. The Morgan fingerprint density at radius 3 is 2.92 bits per heavy atom. The van der Waals surface area contributed by atoms with Crippen molar-refractivity contribution in [2.75, 3.05) is 0 Å². The van der Waals surface area contributed by atoms with Crippen LogP contribution in [0.25, 0.3) is 0 Å². The summed E-state index contributed by atoms with van der Waals surface area (Å²) in [7, 11) is 0. The first-order valence-electron chi connectivity index (χ1n) is 8.00. The molecular weight excluding hydrogens is 349 g/mol. The molecule has 130 valence electrons. The van der Waals surface area contributed by atoms with Gasteiger partial charge in [0.05, 0.1) is 17.2 Å². The van der Waals surface area contributed by atoms with Gasteiger partial charge in [0.25, 0.3) is 0 Å². The van der Waals surface area contributed by atoms with Crippen LogP contribution in [0, 0.1) is 21.9 Å². The zero-order valence-corrected chi connectivity index (χ0v) is 15.3. The molecule has 1 aliphatic carbocycles. The van der Waals surface area contributed by atoms with Gasteiger partial charge in [0.15, 0.2) is 0 Å². The molecule has 4 nitrogen and oxygen atoms in total. The Bertz CT molecular complexity index is 803. The van der Waals surface area contributed by atoms with Crippen LogP contribution in [0.2, 0.25) is 5.02 Å². The van der Waals surface area contributed by atoms with Crippen molar-refractivity contribution in [2.45, 2.75) is 45.3 Å². The molecule has 24 heavy (non-hydrogen) atoms. The highest BCUT2D eigenvalue weighted by molar-refractivity contribution is 7.71. The van der Waals surface area contributed by atoms with Crippen molar-refractivity contribution in [3.05, 3.63) is 45.7 Å². The van der Waals surface area contributed by atoms with E-state index in [0.717, 1.165) is 12.8 Å². The van der Waals surface area contributed by atoms with Crippen molar-refractivity contribution in [1.29, 1.82) is 0 Å². The van der Waals surface area contributed by atoms with Gasteiger partial charge in [-0.3, -0.25) is 9.78 Å². The van der Waals surface area contributed by atoms with Crippen molar-refractivity contribution < 1.29 is 9.50 Å². The number of hydrogen-bond acceptors (Lipinski definition) is 3. The molecule has 1 heterocycles. The topological polar surface area (TPSA) is 53.8 Å². The number of aromatic amines is 1. The SMILES string of the molecule is CC1(C)CC[C@H](Cc2cccc(Cl)c2F)[C@@]1(O)Cn1[nH]cnc1=S. The molecular formula is C17H21ClFN3OS. The van der Waals surface area contributed by atoms with Crippen LogP contribution in [0.4, 0.5) is 4.39 Å². The number of rotatable bonds is 4. The third-order valence-electron chi connectivity index (χ3n) is 5.48. The Hall–Kier alpha value is -1.24. The van der Waals surface area contributed by atoms with Crippen molar-refractivity contribution in [2.24, 2.45) is 11.3 Å². The van der Waals surface area contributed by atoms with Gasteiger partial charge in [-0.15, -0.1) is 0 Å². The lowest BCUT2D eigenvalue weighted by Gasteiger charge is -2.41. The molecule has 0 aliphatic heterocycles. The van der Waals surface area contributed by atoms with Gasteiger partial charge in [-0.2, -0.15) is 0 Å². The fraction of sp³-hybridized carbons (Fsp3) is 0.529. The van der Waals surface area contributed by atoms with Gasteiger partial charge in [0, 0.05) is 0 Å². The van der Waals surface area contributed by atoms with Gasteiger partial charge in [0.2, 0.25) is 4.77 Å². The van der Waals surface area contributed by atoms with E-state index in [0.29, 0.717) is 23.3 Å². The Labute approximate surface area is 150 Å². The van der Waals surface area contributed by atoms with Crippen LogP contribution in [0.15, 0.2) is 24.5 Å². The molecule has 0 radical (unpaired) electrons. The van der Waals surface area contributed by atoms with Crippen molar-refractivity contribution in [3.8, 4) is 0 Å². The van der Waals surface area contributed by atoms with E-state index in [1.165, 1.54) is 12.4 Å². The van der Waals surface area contributed by atoms with Crippen LogP contribution in [-0.4, -0.2) is 25.5 Å². The summed E-state index contributed by atoms with van der Waals surface area (Å²) >= 11 is 11.1. The van der Waals surface area contributed by atoms with Gasteiger partial charge < -0.3 is 5.11 Å². The Morgan fingerprint density at radius 1 is 1.50 bits per heavy atom. The molecule has 0 bridgehead atoms. The van der Waals surface area contributed by atoms with Gasteiger partial charge >= 0.3 is 0 Å². The summed E-state index contributed by atoms with van der Waals surface area (Å²) in [5.74, 6) is -0.491. The standard InChI is InChI=1S/C17H21ClFN3OS/c1-16(2)7-6-12(8-11-4-3-5-13(18)14(11)19)17(16,23)9-22-15(24)20-10-21-22/h3-5,10,12,23H,6-9H2,1-2H3,(H,20,21,24)/t12-,17+/m1/s1. The molecule has 1 saturated carbocycles. The third-order valence-corrected chi connectivity index (χ3v) is 6.10. The molecule has 0 amide bonds. The maximum absolute atomic E-state index is 14.3. The minimum Gasteiger partial charge on any atom is -0.387 e. The maximum atomic E-state index is 14.3. The third kappa shape index (κ3) is 2.91. The fourth-order valence-corrected chi connectivity index (χ4v) is 4.13. The second-order valence-electron chi connectivity index (χ2n) is 7.22. The second-order valence-corrected chi connectivity index (χ2v) is 7.99. The lowest BCUT2D eigenvalue weighted by Crippen LogP contribution is -2.49. The van der Waals surface area contributed by atoms with E-state index in [-0.39, 0.29) is 16.4 Å². The number of nitrogens with zero attached hydrogens (tertiary/aromatic N) is 2. The molecule has 1 aromatic carbocycles. The summed E-state index contributed by atoms with van der Waals surface area (Å²) < 4.78 is 16.4. The number of halogens is 2. The van der Waals surface area contributed by atoms with Gasteiger partial charge in [-0.05, 0) is 54.4 Å². The zero-order valence-electron chi connectivity index (χ0n) is 13.7. The molecule has 1 aliphatic rings. The number of H-pyrrole nitrogens is 1. The quantitative estimate of drug-likeness (QED) is 0.796. The van der Waals surface area contributed by atoms with Crippen LogP contribution in [0.5, 0.6) is 0 Å². The number of hydrogen-bond donors (Lipinski definition) is 2. The molecule has 0 unspecified atom stereocenters. The summed E-state index contributed by atoms with van der Waals surface area (Å²) in [5, 5.41) is 14.6. The van der Waals surface area contributed by atoms with E-state index in [4.69, 9.17) is 23.8 Å². The average molecular weight is 370 g/mol. The highest BCUT2D eigenvalue weighted by atomic mass is 35.5. The van der Waals surface area contributed by atoms with Crippen LogP contribution in [0.3, 0.4) is 0 Å². The van der Waals surface area contributed by atoms with Gasteiger partial charge in [-0.25, -0.2) is 9.37 Å². The monoisotopic (exact) mass is 369 g/mol. The molecule has 1 aromatic heterocycles. The molecule has 1 fully saturated rings. The lowest BCUT2D eigenvalue weighted by molar-refractivity contribution is -0.0910. The lowest BCUT2D eigenvalue weighted by atomic mass is 9.72. The van der Waals surface area contributed by atoms with Crippen LogP contribution >= 0.6 is 23.8 Å². The summed E-state index contributed by atoms with van der Waals surface area (Å²) in [4.78, 5) is 4.01. The van der Waals surface area contributed by atoms with Crippen molar-refractivity contribution in [1.82, 2.24) is 14.8 Å². The van der Waals surface area contributed by atoms with E-state index in [1.807, 2.05) is 13.8 Å². The molecule has 2 atom stereocenters. The molecule has 7 heteroatoms. The number of aromatic nitrogens is 3. The summed E-state index contributed by atoms with van der Waals surface area (Å²) in [6.45, 7) is 4.40. The van der Waals surface area contributed by atoms with E-state index in [9.17, 15) is 9.50 Å². The van der Waals surface area contributed by atoms with Gasteiger partial charge in [-0.1, -0.05) is 37.6 Å². The predicted molar refractivity (Wildman–Crippen MR) is 94.0 cm³/mol. The largest absolute Gasteiger partial charge is 0.387 e. The zero-order chi connectivity index (χ0) is 17.5. The summed E-state index contributed by atoms with van der Waals surface area (Å²) in [6, 6.07) is 5.01. The van der Waals surface area contributed by atoms with Crippen LogP contribution < -0.4 is 0 Å². The minimum absolute atomic E-state index is 0.0920. The first-order valence-corrected chi connectivity index (χ1v) is 8.79. The number of nitrogens with one attached hydrogen (secondary N) is 1. The van der Waals surface area contributed by atoms with E-state index < -0.39 is 11.4 Å². The highest BCUT2D eigenvalue weighted by Gasteiger charge is 2.54. The Kier molecular flexibility index (Phi) is 4.57. The molecule has 2 aromatic rings. The van der Waals surface area contributed by atoms with Crippen molar-refractivity contribution >= 4 is 23.8 Å². The Balaban J connectivity index is 1.93. The molecule has 0 spiro atoms. The predicted octanol–water partition coefficient (Wildman–Crippen LogP) is 4.14. The minimum atomic E-state index is -1.02. The normalized spacial score (nSPS) is 26.0. The van der Waals surface area contributed by atoms with E-state index in [2.05, 4.69) is 10.1 Å².